The van der Waals surface area contributed by atoms with E-state index >= 15 is 0 Å². The van der Waals surface area contributed by atoms with Gasteiger partial charge in [-0.2, -0.15) is 0 Å². The van der Waals surface area contributed by atoms with Crippen molar-refractivity contribution in [2.45, 2.75) is 39.5 Å². The minimum Gasteiger partial charge on any atom is -0.398 e. The van der Waals surface area contributed by atoms with Crippen LogP contribution in [0.25, 0.3) is 0 Å². The molecule has 1 rings (SSSR count). The molecule has 0 unspecified atom stereocenters. The van der Waals surface area contributed by atoms with Gasteiger partial charge in [-0.05, 0) is 38.9 Å². The molecule has 84 valence electrons. The number of halogens is 1. The summed E-state index contributed by atoms with van der Waals surface area (Å²) >= 11 is 3.47. The van der Waals surface area contributed by atoms with Crippen LogP contribution in [0, 0.1) is 0 Å². The lowest BCUT2D eigenvalue weighted by atomic mass is 9.93. The van der Waals surface area contributed by atoms with Gasteiger partial charge in [-0.1, -0.05) is 33.8 Å². The highest BCUT2D eigenvalue weighted by Gasteiger charge is 2.15. The fourth-order valence-corrected chi connectivity index (χ4v) is 2.13. The fourth-order valence-electron chi connectivity index (χ4n) is 1.68. The van der Waals surface area contributed by atoms with Gasteiger partial charge in [0.05, 0.1) is 15.8 Å². The average molecular weight is 271 g/mol. The van der Waals surface area contributed by atoms with Gasteiger partial charge in [-0.25, -0.2) is 0 Å². The van der Waals surface area contributed by atoms with Crippen molar-refractivity contribution in [2.24, 2.45) is 0 Å². The highest BCUT2D eigenvalue weighted by molar-refractivity contribution is 9.10. The number of benzene rings is 1. The van der Waals surface area contributed by atoms with E-state index in [4.69, 9.17) is 11.5 Å². The minimum atomic E-state index is 0.416. The molecule has 0 spiro atoms. The van der Waals surface area contributed by atoms with Crippen LogP contribution in [0.1, 0.15) is 50.7 Å². The van der Waals surface area contributed by atoms with E-state index in [-0.39, 0.29) is 0 Å². The molecular weight excluding hydrogens is 252 g/mol. The number of nitrogens with two attached hydrogens (primary N) is 2. The normalized spacial score (nSPS) is 11.4. The summed E-state index contributed by atoms with van der Waals surface area (Å²) in [7, 11) is 0. The predicted octanol–water partition coefficient (Wildman–Crippen LogP) is 3.86. The van der Waals surface area contributed by atoms with Crippen molar-refractivity contribution >= 4 is 27.3 Å². The van der Waals surface area contributed by atoms with E-state index in [0.717, 1.165) is 15.8 Å². The van der Waals surface area contributed by atoms with E-state index in [9.17, 15) is 0 Å². The van der Waals surface area contributed by atoms with Crippen LogP contribution in [0.15, 0.2) is 10.5 Å². The Morgan fingerprint density at radius 3 is 1.53 bits per heavy atom. The minimum absolute atomic E-state index is 0.416. The lowest BCUT2D eigenvalue weighted by molar-refractivity contribution is 0.837. The predicted molar refractivity (Wildman–Crippen MR) is 71.1 cm³/mol. The van der Waals surface area contributed by atoms with E-state index in [1.165, 1.54) is 11.1 Å². The second kappa shape index (κ2) is 4.44. The SMILES string of the molecule is CC(C)c1cc(C(C)C)c(N)c(Br)c1N. The molecule has 0 aliphatic carbocycles. The summed E-state index contributed by atoms with van der Waals surface area (Å²) in [6.45, 7) is 8.55. The fraction of sp³-hybridized carbons (Fsp3) is 0.500. The Hall–Kier alpha value is -0.700. The molecule has 0 fully saturated rings. The Morgan fingerprint density at radius 2 is 1.27 bits per heavy atom. The Balaban J connectivity index is 3.45. The van der Waals surface area contributed by atoms with Gasteiger partial charge in [0.15, 0.2) is 0 Å². The Morgan fingerprint density at radius 1 is 0.933 bits per heavy atom. The molecule has 4 N–H and O–H groups in total. The first-order valence-corrected chi connectivity index (χ1v) is 6.02. The Kier molecular flexibility index (Phi) is 3.66. The summed E-state index contributed by atoms with van der Waals surface area (Å²) in [6, 6.07) is 2.13. The summed E-state index contributed by atoms with van der Waals surface area (Å²) in [4.78, 5) is 0. The molecule has 0 heterocycles. The molecule has 0 bridgehead atoms. The maximum Gasteiger partial charge on any atom is 0.0640 e. The molecular formula is C12H19BrN2. The molecule has 0 saturated carbocycles. The van der Waals surface area contributed by atoms with Gasteiger partial charge in [-0.15, -0.1) is 0 Å². The zero-order chi connectivity index (χ0) is 11.7. The van der Waals surface area contributed by atoms with E-state index in [2.05, 4.69) is 49.7 Å². The number of rotatable bonds is 2. The monoisotopic (exact) mass is 270 g/mol. The van der Waals surface area contributed by atoms with Crippen LogP contribution in [0.5, 0.6) is 0 Å². The second-order valence-corrected chi connectivity index (χ2v) is 5.30. The molecule has 0 aromatic heterocycles. The van der Waals surface area contributed by atoms with Gasteiger partial charge in [0.25, 0.3) is 0 Å². The molecule has 0 aliphatic rings. The number of nitrogen functional groups attached to an aromatic ring is 2. The van der Waals surface area contributed by atoms with Gasteiger partial charge >= 0.3 is 0 Å². The van der Waals surface area contributed by atoms with E-state index in [1.807, 2.05) is 0 Å². The van der Waals surface area contributed by atoms with Gasteiger partial charge < -0.3 is 11.5 Å². The summed E-state index contributed by atoms with van der Waals surface area (Å²) < 4.78 is 0.845. The third kappa shape index (κ3) is 2.28. The van der Waals surface area contributed by atoms with Crippen LogP contribution in [-0.2, 0) is 0 Å². The van der Waals surface area contributed by atoms with Gasteiger partial charge in [0.1, 0.15) is 0 Å². The lowest BCUT2D eigenvalue weighted by Crippen LogP contribution is -2.05. The van der Waals surface area contributed by atoms with Crippen molar-refractivity contribution in [1.82, 2.24) is 0 Å². The first-order valence-electron chi connectivity index (χ1n) is 5.23. The van der Waals surface area contributed by atoms with Crippen LogP contribution < -0.4 is 11.5 Å². The summed E-state index contributed by atoms with van der Waals surface area (Å²) in [6.07, 6.45) is 0. The van der Waals surface area contributed by atoms with Crippen molar-refractivity contribution in [3.05, 3.63) is 21.7 Å². The van der Waals surface area contributed by atoms with Crippen LogP contribution in [0.3, 0.4) is 0 Å². The molecule has 3 heteroatoms. The highest BCUT2D eigenvalue weighted by atomic mass is 79.9. The van der Waals surface area contributed by atoms with Crippen molar-refractivity contribution in [1.29, 1.82) is 0 Å². The largest absolute Gasteiger partial charge is 0.398 e. The second-order valence-electron chi connectivity index (χ2n) is 4.51. The quantitative estimate of drug-likeness (QED) is 0.802. The summed E-state index contributed by atoms with van der Waals surface area (Å²) in [5.41, 5.74) is 15.9. The molecule has 0 radical (unpaired) electrons. The molecule has 0 atom stereocenters. The summed E-state index contributed by atoms with van der Waals surface area (Å²) in [5, 5.41) is 0. The molecule has 0 saturated heterocycles. The average Bonchev–Trinajstić information content (AvgIpc) is 2.13. The van der Waals surface area contributed by atoms with Crippen molar-refractivity contribution < 1.29 is 0 Å². The smallest absolute Gasteiger partial charge is 0.0640 e. The van der Waals surface area contributed by atoms with E-state index in [0.29, 0.717) is 11.8 Å². The first kappa shape index (κ1) is 12.4. The van der Waals surface area contributed by atoms with Gasteiger partial charge in [-0.3, -0.25) is 0 Å². The maximum atomic E-state index is 6.03. The molecule has 1 aromatic rings. The number of hydrogen-bond donors (Lipinski definition) is 2. The topological polar surface area (TPSA) is 52.0 Å². The zero-order valence-corrected chi connectivity index (χ0v) is 11.4. The van der Waals surface area contributed by atoms with Crippen LogP contribution in [0.2, 0.25) is 0 Å². The van der Waals surface area contributed by atoms with Crippen molar-refractivity contribution in [3.8, 4) is 0 Å². The van der Waals surface area contributed by atoms with Gasteiger partial charge in [0, 0.05) is 0 Å². The van der Waals surface area contributed by atoms with E-state index in [1.54, 1.807) is 0 Å². The Labute approximate surface area is 100 Å². The zero-order valence-electron chi connectivity index (χ0n) is 9.76. The molecule has 0 amide bonds. The molecule has 15 heavy (non-hydrogen) atoms. The van der Waals surface area contributed by atoms with Crippen LogP contribution >= 0.6 is 15.9 Å². The standard InChI is InChI=1S/C12H19BrN2/c1-6(2)8-5-9(7(3)4)12(15)10(13)11(8)14/h5-7H,14-15H2,1-4H3. The molecule has 1 aromatic carbocycles. The Bertz CT molecular complexity index is 338. The molecule has 0 aliphatic heterocycles. The third-order valence-electron chi connectivity index (χ3n) is 2.65. The number of anilines is 2. The van der Waals surface area contributed by atoms with Crippen molar-refractivity contribution in [3.63, 3.8) is 0 Å². The first-order chi connectivity index (χ1) is 6.86. The van der Waals surface area contributed by atoms with Crippen molar-refractivity contribution in [2.75, 3.05) is 11.5 Å². The van der Waals surface area contributed by atoms with Crippen LogP contribution in [-0.4, -0.2) is 0 Å². The van der Waals surface area contributed by atoms with Gasteiger partial charge in [0.2, 0.25) is 0 Å². The van der Waals surface area contributed by atoms with Crippen LogP contribution in [0.4, 0.5) is 11.4 Å². The van der Waals surface area contributed by atoms with E-state index < -0.39 is 0 Å². The summed E-state index contributed by atoms with van der Waals surface area (Å²) in [5.74, 6) is 0.832. The molecule has 2 nitrogen and oxygen atoms in total. The maximum absolute atomic E-state index is 6.03. The number of hydrogen-bond acceptors (Lipinski definition) is 2. The highest BCUT2D eigenvalue weighted by Crippen LogP contribution is 2.38. The third-order valence-corrected chi connectivity index (χ3v) is 3.50. The lowest BCUT2D eigenvalue weighted by Gasteiger charge is -2.18.